The van der Waals surface area contributed by atoms with Crippen LogP contribution in [-0.4, -0.2) is 34.3 Å². The topological polar surface area (TPSA) is 55.4 Å². The van der Waals surface area contributed by atoms with Gasteiger partial charge in [0.15, 0.2) is 0 Å². The van der Waals surface area contributed by atoms with Crippen molar-refractivity contribution in [2.24, 2.45) is 5.92 Å². The molecular formula is C16H21NO3S. The van der Waals surface area contributed by atoms with Crippen LogP contribution in [0.5, 0.6) is 0 Å². The van der Waals surface area contributed by atoms with Crippen LogP contribution in [-0.2, 0) is 20.3 Å². The van der Waals surface area contributed by atoms with Crippen LogP contribution in [0.2, 0.25) is 0 Å². The fourth-order valence-electron chi connectivity index (χ4n) is 3.33. The first-order chi connectivity index (χ1) is 10.1. The number of carbonyl (C=O) groups excluding carboxylic acids is 1. The molecule has 3 rings (SSSR count). The first-order valence-corrected chi connectivity index (χ1v) is 9.17. The number of hydrogen-bond acceptors (Lipinski definition) is 3. The van der Waals surface area contributed by atoms with Crippen LogP contribution in [0.3, 0.4) is 0 Å². The number of ether oxygens (including phenoxy) is 1. The van der Waals surface area contributed by atoms with Crippen molar-refractivity contribution in [2.75, 3.05) is 12.0 Å². The molecule has 0 unspecified atom stereocenters. The highest BCUT2D eigenvalue weighted by Gasteiger charge is 2.44. The molecule has 2 bridgehead atoms. The SMILES string of the molecule is C[S@](=O)C[C@@H](NC(=O)[C@@H]1C[C@H]2CC[C@H]1O2)c1ccccc1. The Labute approximate surface area is 127 Å². The number of benzene rings is 1. The molecule has 0 saturated carbocycles. The summed E-state index contributed by atoms with van der Waals surface area (Å²) < 4.78 is 17.3. The second-order valence-corrected chi connectivity index (χ2v) is 7.41. The van der Waals surface area contributed by atoms with E-state index >= 15 is 0 Å². The normalized spacial score (nSPS) is 30.0. The monoisotopic (exact) mass is 307 g/mol. The second-order valence-electron chi connectivity index (χ2n) is 5.93. The lowest BCUT2D eigenvalue weighted by atomic mass is 9.88. The molecule has 1 amide bonds. The third-order valence-corrected chi connectivity index (χ3v) is 5.17. The van der Waals surface area contributed by atoms with Crippen LogP contribution in [0.25, 0.3) is 0 Å². The summed E-state index contributed by atoms with van der Waals surface area (Å²) in [6.45, 7) is 0. The number of hydrogen-bond donors (Lipinski definition) is 1. The van der Waals surface area contributed by atoms with E-state index in [-0.39, 0.29) is 30.1 Å². The minimum atomic E-state index is -0.962. The molecule has 2 fully saturated rings. The molecular weight excluding hydrogens is 286 g/mol. The van der Waals surface area contributed by atoms with Gasteiger partial charge >= 0.3 is 0 Å². The van der Waals surface area contributed by atoms with Crippen molar-refractivity contribution in [1.82, 2.24) is 5.32 Å². The lowest BCUT2D eigenvalue weighted by Gasteiger charge is -2.23. The highest BCUT2D eigenvalue weighted by Crippen LogP contribution is 2.39. The van der Waals surface area contributed by atoms with Crippen molar-refractivity contribution in [3.8, 4) is 0 Å². The maximum atomic E-state index is 12.5. The Balaban J connectivity index is 1.69. The van der Waals surface area contributed by atoms with Crippen molar-refractivity contribution >= 4 is 16.7 Å². The summed E-state index contributed by atoms with van der Waals surface area (Å²) in [7, 11) is -0.962. The maximum Gasteiger partial charge on any atom is 0.226 e. The predicted octanol–water partition coefficient (Wildman–Crippen LogP) is 1.79. The standard InChI is InChI=1S/C16H21NO3S/c1-21(19)10-14(11-5-3-2-4-6-11)17-16(18)13-9-12-7-8-15(13)20-12/h2-6,12-15H,7-10H2,1H3,(H,17,18)/t12-,13-,14-,15-,21+/m1/s1. The fourth-order valence-corrected chi connectivity index (χ4v) is 4.08. The summed E-state index contributed by atoms with van der Waals surface area (Å²) in [4.78, 5) is 12.5. The van der Waals surface area contributed by atoms with Gasteiger partial charge < -0.3 is 10.1 Å². The minimum absolute atomic E-state index is 0.0414. The molecule has 1 N–H and O–H groups in total. The average Bonchev–Trinajstić information content (AvgIpc) is 3.09. The molecule has 4 nitrogen and oxygen atoms in total. The summed E-state index contributed by atoms with van der Waals surface area (Å²) >= 11 is 0. The van der Waals surface area contributed by atoms with Gasteiger partial charge in [0.2, 0.25) is 5.91 Å². The van der Waals surface area contributed by atoms with Crippen LogP contribution in [0.15, 0.2) is 30.3 Å². The van der Waals surface area contributed by atoms with Gasteiger partial charge in [-0.2, -0.15) is 0 Å². The first-order valence-electron chi connectivity index (χ1n) is 7.44. The number of carbonyl (C=O) groups is 1. The summed E-state index contributed by atoms with van der Waals surface area (Å²) in [6, 6.07) is 9.56. The molecule has 2 heterocycles. The van der Waals surface area contributed by atoms with E-state index < -0.39 is 10.8 Å². The zero-order valence-corrected chi connectivity index (χ0v) is 13.0. The van der Waals surface area contributed by atoms with Crippen molar-refractivity contribution in [3.63, 3.8) is 0 Å². The molecule has 5 heteroatoms. The Bertz CT molecular complexity index is 534. The van der Waals surface area contributed by atoms with Gasteiger partial charge in [-0.25, -0.2) is 0 Å². The second kappa shape index (κ2) is 6.28. The van der Waals surface area contributed by atoms with Gasteiger partial charge in [-0.05, 0) is 24.8 Å². The molecule has 1 aromatic carbocycles. The minimum Gasteiger partial charge on any atom is -0.374 e. The van der Waals surface area contributed by atoms with Crippen molar-refractivity contribution in [3.05, 3.63) is 35.9 Å². The lowest BCUT2D eigenvalue weighted by molar-refractivity contribution is -0.127. The van der Waals surface area contributed by atoms with Crippen LogP contribution >= 0.6 is 0 Å². The van der Waals surface area contributed by atoms with E-state index in [1.807, 2.05) is 30.3 Å². The molecule has 1 aromatic rings. The molecule has 0 radical (unpaired) electrons. The van der Waals surface area contributed by atoms with Crippen molar-refractivity contribution in [2.45, 2.75) is 37.5 Å². The molecule has 114 valence electrons. The first kappa shape index (κ1) is 14.7. The third kappa shape index (κ3) is 3.35. The molecule has 2 aliphatic heterocycles. The summed E-state index contributed by atoms with van der Waals surface area (Å²) in [6.07, 6.45) is 4.91. The highest BCUT2D eigenvalue weighted by molar-refractivity contribution is 7.84. The van der Waals surface area contributed by atoms with Crippen LogP contribution in [0.1, 0.15) is 30.9 Å². The Morgan fingerprint density at radius 3 is 2.71 bits per heavy atom. The number of fused-ring (bicyclic) bond motifs is 2. The van der Waals surface area contributed by atoms with Crippen LogP contribution in [0, 0.1) is 5.92 Å². The van der Waals surface area contributed by atoms with Crippen LogP contribution < -0.4 is 5.32 Å². The molecule has 2 saturated heterocycles. The Kier molecular flexibility index (Phi) is 4.40. The van der Waals surface area contributed by atoms with Crippen molar-refractivity contribution in [1.29, 1.82) is 0 Å². The molecule has 21 heavy (non-hydrogen) atoms. The van der Waals surface area contributed by atoms with Gasteiger partial charge in [0, 0.05) is 22.8 Å². The molecule has 0 aliphatic carbocycles. The smallest absolute Gasteiger partial charge is 0.226 e. The number of nitrogens with one attached hydrogen (secondary N) is 1. The maximum absolute atomic E-state index is 12.5. The van der Waals surface area contributed by atoms with Gasteiger partial charge in [0.05, 0.1) is 24.2 Å². The lowest BCUT2D eigenvalue weighted by Crippen LogP contribution is -2.39. The van der Waals surface area contributed by atoms with E-state index in [4.69, 9.17) is 4.74 Å². The van der Waals surface area contributed by atoms with Gasteiger partial charge in [-0.15, -0.1) is 0 Å². The zero-order valence-electron chi connectivity index (χ0n) is 12.2. The summed E-state index contributed by atoms with van der Waals surface area (Å²) in [5.74, 6) is 0.444. The fraction of sp³-hybridized carbons (Fsp3) is 0.562. The Morgan fingerprint density at radius 1 is 1.38 bits per heavy atom. The van der Waals surface area contributed by atoms with Crippen molar-refractivity contribution < 1.29 is 13.7 Å². The molecule has 5 atom stereocenters. The third-order valence-electron chi connectivity index (χ3n) is 4.36. The van der Waals surface area contributed by atoms with Gasteiger partial charge in [0.25, 0.3) is 0 Å². The van der Waals surface area contributed by atoms with E-state index in [0.717, 1.165) is 24.8 Å². The van der Waals surface area contributed by atoms with E-state index in [0.29, 0.717) is 5.75 Å². The predicted molar refractivity (Wildman–Crippen MR) is 82.3 cm³/mol. The van der Waals surface area contributed by atoms with Gasteiger partial charge in [0.1, 0.15) is 0 Å². The zero-order chi connectivity index (χ0) is 14.8. The van der Waals surface area contributed by atoms with Gasteiger partial charge in [-0.1, -0.05) is 30.3 Å². The van der Waals surface area contributed by atoms with Crippen LogP contribution in [0.4, 0.5) is 0 Å². The van der Waals surface area contributed by atoms with E-state index in [1.165, 1.54) is 0 Å². The largest absolute Gasteiger partial charge is 0.374 e. The highest BCUT2D eigenvalue weighted by atomic mass is 32.2. The van der Waals surface area contributed by atoms with E-state index in [9.17, 15) is 9.00 Å². The van der Waals surface area contributed by atoms with E-state index in [1.54, 1.807) is 6.26 Å². The summed E-state index contributed by atoms with van der Waals surface area (Å²) in [5, 5.41) is 3.08. The number of rotatable bonds is 5. The number of amides is 1. The van der Waals surface area contributed by atoms with E-state index in [2.05, 4.69) is 5.32 Å². The summed E-state index contributed by atoms with van der Waals surface area (Å²) in [5.41, 5.74) is 1.00. The Morgan fingerprint density at radius 2 is 2.14 bits per heavy atom. The quantitative estimate of drug-likeness (QED) is 0.902. The average molecular weight is 307 g/mol. The molecule has 0 spiro atoms. The Hall–Kier alpha value is -1.20. The van der Waals surface area contributed by atoms with Gasteiger partial charge in [-0.3, -0.25) is 9.00 Å². The molecule has 0 aromatic heterocycles. The molecule has 2 aliphatic rings.